The Balaban J connectivity index is 2.26. The molecule has 2 aromatic carbocycles. The summed E-state index contributed by atoms with van der Waals surface area (Å²) in [5, 5.41) is 11.3. The lowest BCUT2D eigenvalue weighted by Gasteiger charge is -2.05. The third kappa shape index (κ3) is 3.51. The van der Waals surface area contributed by atoms with Crippen molar-refractivity contribution in [1.82, 2.24) is 0 Å². The average molecular weight is 284 g/mol. The number of carbonyl (C=O) groups is 1. The van der Waals surface area contributed by atoms with E-state index in [0.29, 0.717) is 0 Å². The highest BCUT2D eigenvalue weighted by molar-refractivity contribution is 6.09. The molecular weight excluding hydrogens is 274 g/mol. The molecule has 5 heteroatoms. The molecule has 0 atom stereocenters. The van der Waals surface area contributed by atoms with Crippen LogP contribution in [0.2, 0.25) is 0 Å². The predicted molar refractivity (Wildman–Crippen MR) is 75.0 cm³/mol. The standard InChI is InChI=1S/C16H10F2N2O/c17-13-6-2-1-5-11(13)9-12(10-19)16(21)20-15-8-4-3-7-14(15)18/h1-9H,(H,20,21)/b12-9+. The molecule has 1 N–H and O–H groups in total. The van der Waals surface area contributed by atoms with Crippen molar-refractivity contribution in [2.45, 2.75) is 0 Å². The molecule has 0 fully saturated rings. The van der Waals surface area contributed by atoms with Gasteiger partial charge in [0.05, 0.1) is 5.69 Å². The second-order valence-electron chi connectivity index (χ2n) is 4.13. The van der Waals surface area contributed by atoms with Crippen molar-refractivity contribution < 1.29 is 13.6 Å². The van der Waals surface area contributed by atoms with Gasteiger partial charge in [-0.2, -0.15) is 5.26 Å². The molecule has 3 nitrogen and oxygen atoms in total. The average Bonchev–Trinajstić information content (AvgIpc) is 2.48. The first kappa shape index (κ1) is 14.4. The Morgan fingerprint density at radius 2 is 1.67 bits per heavy atom. The topological polar surface area (TPSA) is 52.9 Å². The smallest absolute Gasteiger partial charge is 0.266 e. The number of hydrogen-bond acceptors (Lipinski definition) is 2. The number of nitrogens with one attached hydrogen (secondary N) is 1. The van der Waals surface area contributed by atoms with Crippen LogP contribution in [0.3, 0.4) is 0 Å². The van der Waals surface area contributed by atoms with Crippen molar-refractivity contribution in [1.29, 1.82) is 5.26 Å². The lowest BCUT2D eigenvalue weighted by molar-refractivity contribution is -0.112. The Labute approximate surface area is 120 Å². The molecule has 0 saturated heterocycles. The number of benzene rings is 2. The second-order valence-corrected chi connectivity index (χ2v) is 4.13. The minimum Gasteiger partial charge on any atom is -0.319 e. The number of para-hydroxylation sites is 1. The molecule has 0 heterocycles. The Morgan fingerprint density at radius 3 is 2.29 bits per heavy atom. The molecule has 21 heavy (non-hydrogen) atoms. The van der Waals surface area contributed by atoms with Gasteiger partial charge in [-0.25, -0.2) is 8.78 Å². The van der Waals surface area contributed by atoms with Crippen LogP contribution >= 0.6 is 0 Å². The van der Waals surface area contributed by atoms with Gasteiger partial charge in [-0.3, -0.25) is 4.79 Å². The van der Waals surface area contributed by atoms with Crippen molar-refractivity contribution in [2.24, 2.45) is 0 Å². The van der Waals surface area contributed by atoms with Gasteiger partial charge in [-0.05, 0) is 24.3 Å². The van der Waals surface area contributed by atoms with E-state index in [1.54, 1.807) is 18.2 Å². The molecule has 0 radical (unpaired) electrons. The van der Waals surface area contributed by atoms with Crippen LogP contribution in [0.1, 0.15) is 5.56 Å². The molecule has 2 aromatic rings. The van der Waals surface area contributed by atoms with E-state index >= 15 is 0 Å². The molecule has 104 valence electrons. The maximum atomic E-state index is 13.5. The van der Waals surface area contributed by atoms with Crippen molar-refractivity contribution in [2.75, 3.05) is 5.32 Å². The van der Waals surface area contributed by atoms with Gasteiger partial charge in [0.1, 0.15) is 23.3 Å². The number of anilines is 1. The maximum absolute atomic E-state index is 13.5. The molecule has 0 spiro atoms. The molecule has 0 saturated carbocycles. The summed E-state index contributed by atoms with van der Waals surface area (Å²) in [6, 6.07) is 13.0. The number of nitriles is 1. The fourth-order valence-electron chi connectivity index (χ4n) is 1.65. The Kier molecular flexibility index (Phi) is 4.42. The SMILES string of the molecule is N#C/C(=C\c1ccccc1F)C(=O)Nc1ccccc1F. The van der Waals surface area contributed by atoms with Gasteiger partial charge in [-0.1, -0.05) is 30.3 Å². The fourth-order valence-corrected chi connectivity index (χ4v) is 1.65. The molecule has 0 aromatic heterocycles. The third-order valence-corrected chi connectivity index (χ3v) is 2.69. The Hall–Kier alpha value is -3.00. The molecule has 0 aliphatic heterocycles. The van der Waals surface area contributed by atoms with E-state index in [-0.39, 0.29) is 16.8 Å². The molecule has 2 rings (SSSR count). The summed E-state index contributed by atoms with van der Waals surface area (Å²) >= 11 is 0. The van der Waals surface area contributed by atoms with E-state index in [4.69, 9.17) is 5.26 Å². The number of carbonyl (C=O) groups excluding carboxylic acids is 1. The number of halogens is 2. The summed E-state index contributed by atoms with van der Waals surface area (Å²) in [7, 11) is 0. The Morgan fingerprint density at radius 1 is 1.05 bits per heavy atom. The first-order valence-electron chi connectivity index (χ1n) is 6.04. The van der Waals surface area contributed by atoms with Crippen LogP contribution in [0.15, 0.2) is 54.1 Å². The summed E-state index contributed by atoms with van der Waals surface area (Å²) < 4.78 is 26.9. The summed E-state index contributed by atoms with van der Waals surface area (Å²) in [6.45, 7) is 0. The van der Waals surface area contributed by atoms with E-state index in [1.807, 2.05) is 0 Å². The van der Waals surface area contributed by atoms with Crippen LogP contribution in [-0.4, -0.2) is 5.91 Å². The fraction of sp³-hybridized carbons (Fsp3) is 0. The van der Waals surface area contributed by atoms with Crippen molar-refractivity contribution in [3.8, 4) is 6.07 Å². The van der Waals surface area contributed by atoms with Gasteiger partial charge < -0.3 is 5.32 Å². The van der Waals surface area contributed by atoms with Gasteiger partial charge in [0.2, 0.25) is 0 Å². The highest BCUT2D eigenvalue weighted by Crippen LogP contribution is 2.15. The van der Waals surface area contributed by atoms with E-state index < -0.39 is 17.5 Å². The largest absolute Gasteiger partial charge is 0.319 e. The maximum Gasteiger partial charge on any atom is 0.266 e. The molecule has 0 aliphatic carbocycles. The monoisotopic (exact) mass is 284 g/mol. The lowest BCUT2D eigenvalue weighted by atomic mass is 10.1. The van der Waals surface area contributed by atoms with Crippen molar-refractivity contribution in [3.63, 3.8) is 0 Å². The number of hydrogen-bond donors (Lipinski definition) is 1. The van der Waals surface area contributed by atoms with Crippen LogP contribution in [0.25, 0.3) is 6.08 Å². The molecule has 0 unspecified atom stereocenters. The van der Waals surface area contributed by atoms with E-state index in [9.17, 15) is 13.6 Å². The summed E-state index contributed by atoms with van der Waals surface area (Å²) in [4.78, 5) is 11.9. The number of rotatable bonds is 3. The number of nitrogens with zero attached hydrogens (tertiary/aromatic N) is 1. The molecular formula is C16H10F2N2O. The zero-order valence-corrected chi connectivity index (χ0v) is 10.8. The van der Waals surface area contributed by atoms with E-state index in [2.05, 4.69) is 5.32 Å². The Bertz CT molecular complexity index is 748. The van der Waals surface area contributed by atoms with Gasteiger partial charge in [0.15, 0.2) is 0 Å². The van der Waals surface area contributed by atoms with Crippen molar-refractivity contribution in [3.05, 3.63) is 71.3 Å². The van der Waals surface area contributed by atoms with Crippen LogP contribution in [-0.2, 0) is 4.79 Å². The lowest BCUT2D eigenvalue weighted by Crippen LogP contribution is -2.14. The minimum absolute atomic E-state index is 0.0443. The quantitative estimate of drug-likeness (QED) is 0.692. The first-order valence-corrected chi connectivity index (χ1v) is 6.04. The predicted octanol–water partition coefficient (Wildman–Crippen LogP) is 3.51. The normalized spacial score (nSPS) is 10.8. The molecule has 0 aliphatic rings. The van der Waals surface area contributed by atoms with E-state index in [1.165, 1.54) is 36.4 Å². The second kappa shape index (κ2) is 6.44. The van der Waals surface area contributed by atoms with Crippen molar-refractivity contribution >= 4 is 17.7 Å². The van der Waals surface area contributed by atoms with Crippen LogP contribution in [0.4, 0.5) is 14.5 Å². The minimum atomic E-state index is -0.800. The van der Waals surface area contributed by atoms with Crippen LogP contribution < -0.4 is 5.32 Å². The van der Waals surface area contributed by atoms with Gasteiger partial charge in [0, 0.05) is 5.56 Å². The zero-order chi connectivity index (χ0) is 15.2. The summed E-state index contributed by atoms with van der Waals surface area (Å²) in [6.07, 6.45) is 1.12. The van der Waals surface area contributed by atoms with Crippen LogP contribution in [0.5, 0.6) is 0 Å². The molecule has 1 amide bonds. The van der Waals surface area contributed by atoms with Crippen LogP contribution in [0, 0.1) is 23.0 Å². The van der Waals surface area contributed by atoms with Gasteiger partial charge in [0.25, 0.3) is 5.91 Å². The van der Waals surface area contributed by atoms with Gasteiger partial charge >= 0.3 is 0 Å². The molecule has 0 bridgehead atoms. The van der Waals surface area contributed by atoms with Gasteiger partial charge in [-0.15, -0.1) is 0 Å². The summed E-state index contributed by atoms with van der Waals surface area (Å²) in [5.74, 6) is -1.97. The number of amides is 1. The first-order chi connectivity index (χ1) is 10.1. The highest BCUT2D eigenvalue weighted by atomic mass is 19.1. The van der Waals surface area contributed by atoms with E-state index in [0.717, 1.165) is 6.08 Å². The highest BCUT2D eigenvalue weighted by Gasteiger charge is 2.12. The summed E-state index contributed by atoms with van der Waals surface area (Å²) in [5.41, 5.74) is -0.252. The zero-order valence-electron chi connectivity index (χ0n) is 10.8. The third-order valence-electron chi connectivity index (χ3n) is 2.69.